The summed E-state index contributed by atoms with van der Waals surface area (Å²) in [5.41, 5.74) is 11.3. The van der Waals surface area contributed by atoms with E-state index in [0.29, 0.717) is 23.5 Å². The van der Waals surface area contributed by atoms with Crippen LogP contribution in [0.5, 0.6) is 0 Å². The van der Waals surface area contributed by atoms with Crippen molar-refractivity contribution < 1.29 is 4.58 Å². The first kappa shape index (κ1) is 18.5. The van der Waals surface area contributed by atoms with E-state index in [1.165, 1.54) is 5.56 Å². The van der Waals surface area contributed by atoms with Crippen LogP contribution in [0.4, 0.5) is 11.6 Å². The number of nitrogens with two attached hydrogens (primary N) is 1. The number of amidine groups is 1. The van der Waals surface area contributed by atoms with Crippen LogP contribution in [0, 0.1) is 5.92 Å². The van der Waals surface area contributed by atoms with Crippen molar-refractivity contribution in [2.45, 2.75) is 19.3 Å². The molecular formula is C22H25N8+. The van der Waals surface area contributed by atoms with Gasteiger partial charge in [0.1, 0.15) is 5.82 Å². The lowest BCUT2D eigenvalue weighted by Gasteiger charge is -2.17. The average molecular weight is 401 g/mol. The highest BCUT2D eigenvalue weighted by molar-refractivity contribution is 6.19. The molecule has 30 heavy (non-hydrogen) atoms. The molecule has 7 bridgehead atoms. The Bertz CT molecular complexity index is 1180. The molecule has 2 aliphatic rings. The van der Waals surface area contributed by atoms with Crippen molar-refractivity contribution in [1.29, 1.82) is 0 Å². The van der Waals surface area contributed by atoms with E-state index in [-0.39, 0.29) is 0 Å². The molecule has 1 fully saturated rings. The van der Waals surface area contributed by atoms with Gasteiger partial charge in [0.2, 0.25) is 0 Å². The zero-order chi connectivity index (χ0) is 20.7. The van der Waals surface area contributed by atoms with Crippen LogP contribution in [0.3, 0.4) is 0 Å². The molecule has 8 heteroatoms. The van der Waals surface area contributed by atoms with Crippen molar-refractivity contribution in [2.75, 3.05) is 25.5 Å². The van der Waals surface area contributed by atoms with Gasteiger partial charge in [0, 0.05) is 30.9 Å². The molecule has 0 radical (unpaired) electrons. The second kappa shape index (κ2) is 7.37. The Morgan fingerprint density at radius 2 is 2.10 bits per heavy atom. The minimum atomic E-state index is 0.346. The van der Waals surface area contributed by atoms with Gasteiger partial charge < -0.3 is 10.6 Å². The summed E-state index contributed by atoms with van der Waals surface area (Å²) in [5.74, 6) is 3.00. The normalized spacial score (nSPS) is 22.3. The van der Waals surface area contributed by atoms with E-state index in [2.05, 4.69) is 43.4 Å². The number of rotatable bonds is 1. The number of nitrogens with one attached hydrogen (secondary N) is 2. The summed E-state index contributed by atoms with van der Waals surface area (Å²) < 4.78 is 2.27. The van der Waals surface area contributed by atoms with Gasteiger partial charge in [-0.05, 0) is 42.2 Å². The van der Waals surface area contributed by atoms with Crippen LogP contribution in [0.15, 0.2) is 42.9 Å². The molecule has 0 spiro atoms. The van der Waals surface area contributed by atoms with E-state index in [9.17, 15) is 0 Å². The maximum Gasteiger partial charge on any atom is 0.277 e. The zero-order valence-corrected chi connectivity index (χ0v) is 17.1. The Balaban J connectivity index is 1.72. The fraction of sp³-hybridized carbons (Fsp3) is 0.318. The van der Waals surface area contributed by atoms with Crippen molar-refractivity contribution in [3.63, 3.8) is 0 Å². The molecule has 2 aliphatic heterocycles. The van der Waals surface area contributed by atoms with E-state index in [0.717, 1.165) is 47.5 Å². The largest absolute Gasteiger partial charge is 0.393 e. The van der Waals surface area contributed by atoms with Gasteiger partial charge in [0.15, 0.2) is 5.82 Å². The Kier molecular flexibility index (Phi) is 4.54. The third-order valence-corrected chi connectivity index (χ3v) is 6.14. The van der Waals surface area contributed by atoms with Gasteiger partial charge in [-0.15, -0.1) is 5.10 Å². The van der Waals surface area contributed by atoms with E-state index < -0.39 is 0 Å². The second-order valence-electron chi connectivity index (χ2n) is 7.97. The molecule has 2 atom stereocenters. The molecule has 0 saturated carbocycles. The quantitative estimate of drug-likeness (QED) is 0.537. The number of pyridine rings is 2. The Hall–Kier alpha value is -3.55. The van der Waals surface area contributed by atoms with Gasteiger partial charge in [0.25, 0.3) is 5.84 Å². The molecule has 5 rings (SSSR count). The molecular weight excluding hydrogens is 376 g/mol. The number of nitrogens with zero attached hydrogens (tertiary/aromatic N) is 5. The summed E-state index contributed by atoms with van der Waals surface area (Å²) in [6.07, 6.45) is 6.74. The predicted octanol–water partition coefficient (Wildman–Crippen LogP) is 2.23. The molecule has 5 heterocycles. The number of aromatic nitrogens is 4. The summed E-state index contributed by atoms with van der Waals surface area (Å²) >= 11 is 0. The molecule has 152 valence electrons. The van der Waals surface area contributed by atoms with Gasteiger partial charge in [0.05, 0.1) is 35.9 Å². The van der Waals surface area contributed by atoms with Gasteiger partial charge in [-0.2, -0.15) is 5.10 Å². The lowest BCUT2D eigenvalue weighted by atomic mass is 9.88. The number of anilines is 2. The van der Waals surface area contributed by atoms with Crippen molar-refractivity contribution in [1.82, 2.24) is 25.5 Å². The molecule has 0 amide bonds. The summed E-state index contributed by atoms with van der Waals surface area (Å²) in [4.78, 5) is 9.35. The topological polar surface area (TPSA) is 105 Å². The minimum absolute atomic E-state index is 0.346. The van der Waals surface area contributed by atoms with Gasteiger partial charge in [-0.1, -0.05) is 6.92 Å². The standard InChI is InChI=1S/C22H24N8/c1-13-14-5-6-30(12-14)22(23)17(11-24-2)16-7-19-18(25-9-16)3-4-20(27-19)28-21-8-15(13)10-26-29-21/h3-4,7-11,13-14H,5-6,12H2,1-2H3,(H3,23,24,27,28,29)/p+1. The van der Waals surface area contributed by atoms with Crippen LogP contribution in [0.2, 0.25) is 0 Å². The van der Waals surface area contributed by atoms with Crippen molar-refractivity contribution in [3.05, 3.63) is 54.0 Å². The first-order valence-electron chi connectivity index (χ1n) is 10.2. The number of hydrogen-bond donors (Lipinski definition) is 3. The molecule has 8 nitrogen and oxygen atoms in total. The summed E-state index contributed by atoms with van der Waals surface area (Å²) in [7, 11) is 1.88. The fourth-order valence-corrected chi connectivity index (χ4v) is 4.35. The maximum atomic E-state index is 6.68. The predicted molar refractivity (Wildman–Crippen MR) is 118 cm³/mol. The summed E-state index contributed by atoms with van der Waals surface area (Å²) in [5, 5.41) is 14.9. The van der Waals surface area contributed by atoms with Gasteiger partial charge in [-0.3, -0.25) is 15.3 Å². The average Bonchev–Trinajstić information content (AvgIpc) is 3.26. The van der Waals surface area contributed by atoms with E-state index in [4.69, 9.17) is 10.7 Å². The summed E-state index contributed by atoms with van der Waals surface area (Å²) in [6.45, 7) is 4.08. The molecule has 0 aliphatic carbocycles. The second-order valence-corrected chi connectivity index (χ2v) is 7.97. The lowest BCUT2D eigenvalue weighted by molar-refractivity contribution is -0.508. The SMILES string of the molecule is CN/C=C1\C(N)=[N+]2CCC(C2)C(C)c2cnnc(c2)Nc2ccc3ncc1cc3n2. The number of hydrogen-bond acceptors (Lipinski definition) is 7. The Labute approximate surface area is 175 Å². The van der Waals surface area contributed by atoms with Gasteiger partial charge >= 0.3 is 0 Å². The van der Waals surface area contributed by atoms with Crippen LogP contribution in [0.25, 0.3) is 16.6 Å². The van der Waals surface area contributed by atoms with Crippen molar-refractivity contribution in [2.24, 2.45) is 11.7 Å². The Morgan fingerprint density at radius 1 is 1.20 bits per heavy atom. The van der Waals surface area contributed by atoms with Crippen LogP contribution < -0.4 is 16.4 Å². The fourth-order valence-electron chi connectivity index (χ4n) is 4.35. The smallest absolute Gasteiger partial charge is 0.277 e. The van der Waals surface area contributed by atoms with E-state index in [1.54, 1.807) is 0 Å². The van der Waals surface area contributed by atoms with Crippen LogP contribution in [0.1, 0.15) is 30.4 Å². The molecule has 3 aromatic heterocycles. The van der Waals surface area contributed by atoms with Crippen LogP contribution >= 0.6 is 0 Å². The first-order valence-corrected chi connectivity index (χ1v) is 10.2. The molecule has 4 N–H and O–H groups in total. The first-order chi connectivity index (χ1) is 14.6. The lowest BCUT2D eigenvalue weighted by Crippen LogP contribution is -2.29. The van der Waals surface area contributed by atoms with E-state index >= 15 is 0 Å². The van der Waals surface area contributed by atoms with Crippen LogP contribution in [-0.4, -0.2) is 50.7 Å². The Morgan fingerprint density at radius 3 is 2.97 bits per heavy atom. The van der Waals surface area contributed by atoms with Crippen LogP contribution in [-0.2, 0) is 0 Å². The third kappa shape index (κ3) is 3.24. The third-order valence-electron chi connectivity index (χ3n) is 6.14. The van der Waals surface area contributed by atoms with E-state index in [1.807, 2.05) is 43.8 Å². The molecule has 2 unspecified atom stereocenters. The summed E-state index contributed by atoms with van der Waals surface area (Å²) in [6, 6.07) is 7.96. The molecule has 1 saturated heterocycles. The van der Waals surface area contributed by atoms with Crippen molar-refractivity contribution in [3.8, 4) is 0 Å². The highest BCUT2D eigenvalue weighted by Crippen LogP contribution is 2.32. The van der Waals surface area contributed by atoms with Crippen molar-refractivity contribution >= 4 is 34.1 Å². The zero-order valence-electron chi connectivity index (χ0n) is 17.1. The number of fused-ring (bicyclic) bond motifs is 6. The highest BCUT2D eigenvalue weighted by atomic mass is 15.2. The van der Waals surface area contributed by atoms with Gasteiger partial charge in [-0.25, -0.2) is 4.98 Å². The highest BCUT2D eigenvalue weighted by Gasteiger charge is 2.31. The monoisotopic (exact) mass is 401 g/mol. The maximum absolute atomic E-state index is 6.68. The molecule has 0 aromatic carbocycles. The molecule has 3 aromatic rings. The minimum Gasteiger partial charge on any atom is -0.393 e.